The van der Waals surface area contributed by atoms with Crippen LogP contribution in [0.2, 0.25) is 0 Å². The molecule has 136 valence electrons. The van der Waals surface area contributed by atoms with E-state index in [1.165, 1.54) is 0 Å². The summed E-state index contributed by atoms with van der Waals surface area (Å²) in [6, 6.07) is 7.16. The molecule has 0 spiro atoms. The van der Waals surface area contributed by atoms with Gasteiger partial charge in [-0.05, 0) is 5.56 Å². The number of hydrogen-bond donors (Lipinski definition) is 3. The van der Waals surface area contributed by atoms with Gasteiger partial charge in [-0.25, -0.2) is 4.79 Å². The van der Waals surface area contributed by atoms with Gasteiger partial charge in [0.25, 0.3) is 0 Å². The van der Waals surface area contributed by atoms with E-state index in [2.05, 4.69) is 26.8 Å². The van der Waals surface area contributed by atoms with E-state index in [0.29, 0.717) is 24.8 Å². The van der Waals surface area contributed by atoms with E-state index >= 15 is 0 Å². The summed E-state index contributed by atoms with van der Waals surface area (Å²) < 4.78 is 0. The van der Waals surface area contributed by atoms with Crippen molar-refractivity contribution >= 4 is 17.8 Å². The van der Waals surface area contributed by atoms with Crippen molar-refractivity contribution in [3.05, 3.63) is 35.9 Å². The molecule has 0 fully saturated rings. The predicted octanol–water partition coefficient (Wildman–Crippen LogP) is 1.40. The minimum absolute atomic E-state index is 0.159. The zero-order valence-electron chi connectivity index (χ0n) is 14.1. The summed E-state index contributed by atoms with van der Waals surface area (Å²) in [6.07, 6.45) is 6.94. The lowest BCUT2D eigenvalue weighted by Crippen LogP contribution is -2.41. The Morgan fingerprint density at radius 2 is 1.85 bits per heavy atom. The maximum atomic E-state index is 11.9. The Labute approximate surface area is 151 Å². The SMILES string of the molecule is C#CCCC1(CCC(=O)NCC(=O)N[C@H](C(=O)O)c2ccccc2)N=N1. The highest BCUT2D eigenvalue weighted by Crippen LogP contribution is 2.37. The van der Waals surface area contributed by atoms with Crippen LogP contribution >= 0.6 is 0 Å². The normalized spacial score (nSPS) is 14.7. The molecule has 3 N–H and O–H groups in total. The second kappa shape index (κ2) is 8.76. The molecule has 2 amide bonds. The van der Waals surface area contributed by atoms with Crippen LogP contribution in [0.25, 0.3) is 0 Å². The number of carboxylic acid groups (broad SMARTS) is 1. The molecule has 8 heteroatoms. The second-order valence-electron chi connectivity index (χ2n) is 5.91. The first-order valence-electron chi connectivity index (χ1n) is 8.17. The lowest BCUT2D eigenvalue weighted by molar-refractivity contribution is -0.141. The standard InChI is InChI=1S/C18H20N4O4/c1-2-3-10-18(21-22-18)11-9-14(23)19-12-15(24)20-16(17(25)26)13-7-5-4-6-8-13/h1,4-8,16H,3,9-12H2,(H,19,23)(H,20,24)(H,25,26)/t16-/m0/s1. The van der Waals surface area contributed by atoms with Gasteiger partial charge >= 0.3 is 5.97 Å². The molecule has 1 heterocycles. The van der Waals surface area contributed by atoms with Gasteiger partial charge in [-0.1, -0.05) is 30.3 Å². The molecule has 0 aliphatic carbocycles. The molecular formula is C18H20N4O4. The van der Waals surface area contributed by atoms with E-state index in [-0.39, 0.29) is 18.9 Å². The zero-order chi connectivity index (χ0) is 19.0. The van der Waals surface area contributed by atoms with Gasteiger partial charge < -0.3 is 15.7 Å². The number of amides is 2. The quantitative estimate of drug-likeness (QED) is 0.549. The van der Waals surface area contributed by atoms with Crippen LogP contribution in [0.5, 0.6) is 0 Å². The number of hydrogen-bond acceptors (Lipinski definition) is 5. The Kier molecular flexibility index (Phi) is 6.44. The minimum Gasteiger partial charge on any atom is -0.479 e. The molecule has 0 saturated carbocycles. The smallest absolute Gasteiger partial charge is 0.330 e. The van der Waals surface area contributed by atoms with Crippen molar-refractivity contribution in [3.63, 3.8) is 0 Å². The topological polar surface area (TPSA) is 120 Å². The third-order valence-corrected chi connectivity index (χ3v) is 3.94. The Balaban J connectivity index is 1.74. The van der Waals surface area contributed by atoms with Crippen molar-refractivity contribution in [2.45, 2.75) is 37.4 Å². The summed E-state index contributed by atoms with van der Waals surface area (Å²) in [4.78, 5) is 35.1. The lowest BCUT2D eigenvalue weighted by Gasteiger charge is -2.15. The number of carbonyl (C=O) groups is 3. The Morgan fingerprint density at radius 1 is 1.15 bits per heavy atom. The number of carbonyl (C=O) groups excluding carboxylic acids is 2. The van der Waals surface area contributed by atoms with Crippen molar-refractivity contribution in [1.29, 1.82) is 0 Å². The maximum Gasteiger partial charge on any atom is 0.330 e. The Morgan fingerprint density at radius 3 is 2.42 bits per heavy atom. The molecule has 2 rings (SSSR count). The highest BCUT2D eigenvalue weighted by Gasteiger charge is 2.39. The van der Waals surface area contributed by atoms with E-state index in [4.69, 9.17) is 6.42 Å². The van der Waals surface area contributed by atoms with Crippen molar-refractivity contribution in [2.24, 2.45) is 10.2 Å². The molecule has 1 aromatic rings. The van der Waals surface area contributed by atoms with E-state index in [1.54, 1.807) is 30.3 Å². The van der Waals surface area contributed by atoms with E-state index in [9.17, 15) is 19.5 Å². The average molecular weight is 356 g/mol. The van der Waals surface area contributed by atoms with Crippen LogP contribution in [-0.2, 0) is 14.4 Å². The zero-order valence-corrected chi connectivity index (χ0v) is 14.1. The molecule has 26 heavy (non-hydrogen) atoms. The number of rotatable bonds is 10. The first-order chi connectivity index (χ1) is 12.5. The van der Waals surface area contributed by atoms with Crippen molar-refractivity contribution in [1.82, 2.24) is 10.6 Å². The van der Waals surface area contributed by atoms with Gasteiger partial charge in [0.2, 0.25) is 11.8 Å². The van der Waals surface area contributed by atoms with Crippen LogP contribution in [0, 0.1) is 12.3 Å². The Bertz CT molecular complexity index is 733. The molecule has 0 unspecified atom stereocenters. The number of carboxylic acids is 1. The molecule has 1 aliphatic heterocycles. The highest BCUT2D eigenvalue weighted by molar-refractivity contribution is 5.88. The average Bonchev–Trinajstić information content (AvgIpc) is 3.42. The molecular weight excluding hydrogens is 336 g/mol. The summed E-state index contributed by atoms with van der Waals surface area (Å²) in [7, 11) is 0. The molecule has 1 atom stereocenters. The fourth-order valence-corrected chi connectivity index (χ4v) is 2.39. The molecule has 0 saturated heterocycles. The third-order valence-electron chi connectivity index (χ3n) is 3.94. The van der Waals surface area contributed by atoms with E-state index < -0.39 is 23.6 Å². The molecule has 1 aromatic carbocycles. The summed E-state index contributed by atoms with van der Waals surface area (Å²) in [6.45, 7) is -0.304. The number of aliphatic carboxylic acids is 1. The predicted molar refractivity (Wildman–Crippen MR) is 92.9 cm³/mol. The van der Waals surface area contributed by atoms with Gasteiger partial charge in [-0.15, -0.1) is 12.3 Å². The first kappa shape index (κ1) is 19.1. The fraction of sp³-hybridized carbons (Fsp3) is 0.389. The Hall–Kier alpha value is -3.21. The maximum absolute atomic E-state index is 11.9. The molecule has 0 bridgehead atoms. The van der Waals surface area contributed by atoms with Crippen LogP contribution in [0.15, 0.2) is 40.6 Å². The summed E-state index contributed by atoms with van der Waals surface area (Å²) >= 11 is 0. The second-order valence-corrected chi connectivity index (χ2v) is 5.91. The van der Waals surface area contributed by atoms with Crippen LogP contribution in [0.1, 0.15) is 37.3 Å². The van der Waals surface area contributed by atoms with Crippen molar-refractivity contribution in [2.75, 3.05) is 6.54 Å². The molecule has 8 nitrogen and oxygen atoms in total. The van der Waals surface area contributed by atoms with Gasteiger partial charge in [-0.2, -0.15) is 10.2 Å². The van der Waals surface area contributed by atoms with Gasteiger partial charge in [0.05, 0.1) is 6.54 Å². The molecule has 0 radical (unpaired) electrons. The monoisotopic (exact) mass is 356 g/mol. The van der Waals surface area contributed by atoms with Crippen LogP contribution in [-0.4, -0.2) is 35.1 Å². The summed E-state index contributed by atoms with van der Waals surface area (Å²) in [5.41, 5.74) is -0.0969. The van der Waals surface area contributed by atoms with Crippen molar-refractivity contribution in [3.8, 4) is 12.3 Å². The van der Waals surface area contributed by atoms with E-state index in [0.717, 1.165) is 0 Å². The van der Waals surface area contributed by atoms with Gasteiger partial charge in [0.1, 0.15) is 0 Å². The van der Waals surface area contributed by atoms with Gasteiger partial charge in [0.15, 0.2) is 11.7 Å². The number of terminal acetylenes is 1. The minimum atomic E-state index is -1.18. The lowest BCUT2D eigenvalue weighted by atomic mass is 10.0. The van der Waals surface area contributed by atoms with Crippen LogP contribution in [0.4, 0.5) is 0 Å². The number of nitrogens with one attached hydrogen (secondary N) is 2. The van der Waals surface area contributed by atoms with E-state index in [1.807, 2.05) is 0 Å². The van der Waals surface area contributed by atoms with Gasteiger partial charge in [0, 0.05) is 25.7 Å². The van der Waals surface area contributed by atoms with Crippen LogP contribution in [0.3, 0.4) is 0 Å². The molecule has 1 aliphatic rings. The highest BCUT2D eigenvalue weighted by atomic mass is 16.4. The first-order valence-corrected chi connectivity index (χ1v) is 8.17. The number of nitrogens with zero attached hydrogens (tertiary/aromatic N) is 2. The van der Waals surface area contributed by atoms with Crippen LogP contribution < -0.4 is 10.6 Å². The van der Waals surface area contributed by atoms with Crippen molar-refractivity contribution < 1.29 is 19.5 Å². The number of benzene rings is 1. The fourth-order valence-electron chi connectivity index (χ4n) is 2.39. The molecule has 0 aromatic heterocycles. The van der Waals surface area contributed by atoms with Gasteiger partial charge in [-0.3, -0.25) is 9.59 Å². The third kappa shape index (κ3) is 5.70. The largest absolute Gasteiger partial charge is 0.479 e. The summed E-state index contributed by atoms with van der Waals surface area (Å²) in [5, 5.41) is 22.0. The summed E-state index contributed by atoms with van der Waals surface area (Å²) in [5.74, 6) is 0.418.